The number of nitrogens with zero attached hydrogens (tertiary/aromatic N) is 2. The average molecular weight is 512 g/mol. The van der Waals surface area contributed by atoms with Gasteiger partial charge in [0.1, 0.15) is 11.6 Å². The number of amides is 1. The van der Waals surface area contributed by atoms with Gasteiger partial charge in [0.15, 0.2) is 10.6 Å². The molecule has 1 spiro atoms. The first-order valence-corrected chi connectivity index (χ1v) is 14.4. The van der Waals surface area contributed by atoms with Crippen LogP contribution in [0.2, 0.25) is 0 Å². The number of carbonyl (C=O) groups excluding carboxylic acids is 1. The van der Waals surface area contributed by atoms with Crippen molar-refractivity contribution in [3.8, 4) is 5.75 Å². The number of carbonyl (C=O) groups is 1. The minimum atomic E-state index is -4.18. The fraction of sp³-hybridized carbons (Fsp3) is 0.556. The number of aromatic nitrogens is 1. The lowest BCUT2D eigenvalue weighted by molar-refractivity contribution is -0.128. The van der Waals surface area contributed by atoms with Crippen LogP contribution in [0.15, 0.2) is 41.4 Å². The normalized spacial score (nSPS) is 24.2. The van der Waals surface area contributed by atoms with Crippen LogP contribution in [0.25, 0.3) is 0 Å². The van der Waals surface area contributed by atoms with Gasteiger partial charge in [0.25, 0.3) is 15.9 Å². The van der Waals surface area contributed by atoms with Gasteiger partial charge in [-0.1, -0.05) is 24.6 Å². The first-order chi connectivity index (χ1) is 17.2. The lowest BCUT2D eigenvalue weighted by Crippen LogP contribution is -2.44. The van der Waals surface area contributed by atoms with E-state index >= 15 is 0 Å². The quantitative estimate of drug-likeness (QED) is 0.586. The van der Waals surface area contributed by atoms with Crippen LogP contribution >= 0.6 is 0 Å². The maximum atomic E-state index is 13.2. The summed E-state index contributed by atoms with van der Waals surface area (Å²) in [6.07, 6.45) is 7.35. The van der Waals surface area contributed by atoms with Crippen LogP contribution in [-0.4, -0.2) is 49.2 Å². The number of ether oxygens (including phenoxy) is 1. The van der Waals surface area contributed by atoms with E-state index in [4.69, 9.17) is 4.74 Å². The van der Waals surface area contributed by atoms with E-state index in [-0.39, 0.29) is 5.03 Å². The Morgan fingerprint density at radius 1 is 1.17 bits per heavy atom. The molecule has 4 fully saturated rings. The number of aliphatic hydroxyl groups is 1. The highest BCUT2D eigenvalue weighted by atomic mass is 32.2. The van der Waals surface area contributed by atoms with Crippen LogP contribution < -0.4 is 14.4 Å². The smallest absolute Gasteiger partial charge is 0.281 e. The van der Waals surface area contributed by atoms with Crippen molar-refractivity contribution in [1.82, 2.24) is 9.71 Å². The molecule has 1 amide bonds. The molecule has 0 bridgehead atoms. The second-order valence-electron chi connectivity index (χ2n) is 11.3. The summed E-state index contributed by atoms with van der Waals surface area (Å²) in [6, 6.07) is 10.8. The zero-order valence-corrected chi connectivity index (χ0v) is 21.4. The predicted octanol–water partition coefficient (Wildman–Crippen LogP) is 3.43. The topological polar surface area (TPSA) is 109 Å². The van der Waals surface area contributed by atoms with Crippen LogP contribution in [0, 0.1) is 12.3 Å². The number of aliphatic hydroxyl groups excluding tert-OH is 1. The third kappa shape index (κ3) is 4.26. The molecule has 9 heteroatoms. The molecular formula is C27H33N3O5S. The third-order valence-electron chi connectivity index (χ3n) is 8.50. The molecule has 1 aromatic carbocycles. The second kappa shape index (κ2) is 8.45. The summed E-state index contributed by atoms with van der Waals surface area (Å²) >= 11 is 0. The summed E-state index contributed by atoms with van der Waals surface area (Å²) in [5.74, 6) is 0.947. The van der Waals surface area contributed by atoms with Crippen molar-refractivity contribution in [2.75, 3.05) is 18.0 Å². The second-order valence-corrected chi connectivity index (χ2v) is 12.9. The van der Waals surface area contributed by atoms with E-state index in [2.05, 4.69) is 21.8 Å². The standard InChI is InChI=1S/C27H33N3O5S/c1-18-6-7-21(19-15-26(16-19)9-3-10-26)22(14-18)35-27(11-12-27)25(32)29-36(33,34)24-5-2-4-23(28-24)30-13-8-20(31)17-30/h2,4-7,14,19-20,31H,3,8-13,15-17H2,1H3,(H,29,32)/t20-/m0/s1. The fourth-order valence-corrected chi connectivity index (χ4v) is 7.01. The first-order valence-electron chi connectivity index (χ1n) is 12.9. The van der Waals surface area contributed by atoms with Gasteiger partial charge in [-0.05, 0) is 79.7 Å². The molecule has 192 valence electrons. The van der Waals surface area contributed by atoms with Gasteiger partial charge in [-0.15, -0.1) is 0 Å². The van der Waals surface area contributed by atoms with Gasteiger partial charge in [0.05, 0.1) is 6.10 Å². The van der Waals surface area contributed by atoms with Crippen molar-refractivity contribution < 1.29 is 23.1 Å². The fourth-order valence-electron chi connectivity index (χ4n) is 6.00. The highest BCUT2D eigenvalue weighted by molar-refractivity contribution is 7.90. The number of aryl methyl sites for hydroxylation is 1. The molecule has 3 saturated carbocycles. The Morgan fingerprint density at radius 3 is 2.58 bits per heavy atom. The predicted molar refractivity (Wildman–Crippen MR) is 134 cm³/mol. The molecule has 2 N–H and O–H groups in total. The summed E-state index contributed by atoms with van der Waals surface area (Å²) < 4.78 is 34.7. The molecule has 4 aliphatic rings. The highest BCUT2D eigenvalue weighted by Crippen LogP contribution is 2.63. The molecule has 1 saturated heterocycles. The Hall–Kier alpha value is -2.65. The van der Waals surface area contributed by atoms with Gasteiger partial charge >= 0.3 is 0 Å². The Morgan fingerprint density at radius 2 is 1.94 bits per heavy atom. The third-order valence-corrected chi connectivity index (χ3v) is 9.74. The van der Waals surface area contributed by atoms with Gasteiger partial charge < -0.3 is 14.7 Å². The van der Waals surface area contributed by atoms with Crippen molar-refractivity contribution in [2.24, 2.45) is 5.41 Å². The number of pyridine rings is 1. The Labute approximate surface area is 212 Å². The Balaban J connectivity index is 1.18. The Bertz CT molecular complexity index is 1290. The van der Waals surface area contributed by atoms with E-state index in [1.807, 2.05) is 17.9 Å². The van der Waals surface area contributed by atoms with Gasteiger partial charge in [-0.3, -0.25) is 4.79 Å². The number of rotatable bonds is 7. The number of nitrogens with one attached hydrogen (secondary N) is 1. The van der Waals surface area contributed by atoms with Crippen molar-refractivity contribution in [2.45, 2.75) is 80.9 Å². The molecular weight excluding hydrogens is 478 g/mol. The van der Waals surface area contributed by atoms with Crippen LogP contribution in [0.3, 0.4) is 0 Å². The van der Waals surface area contributed by atoms with Gasteiger partial charge in [0.2, 0.25) is 0 Å². The van der Waals surface area contributed by atoms with Crippen LogP contribution in [0.5, 0.6) is 5.75 Å². The van der Waals surface area contributed by atoms with E-state index in [1.165, 1.54) is 25.3 Å². The van der Waals surface area contributed by atoms with Gasteiger partial charge in [0, 0.05) is 25.9 Å². The van der Waals surface area contributed by atoms with E-state index in [0.717, 1.165) is 24.0 Å². The monoisotopic (exact) mass is 511 g/mol. The van der Waals surface area contributed by atoms with Crippen molar-refractivity contribution in [3.05, 3.63) is 47.5 Å². The van der Waals surface area contributed by atoms with Crippen molar-refractivity contribution in [3.63, 3.8) is 0 Å². The van der Waals surface area contributed by atoms with Crippen LogP contribution in [-0.2, 0) is 14.8 Å². The van der Waals surface area contributed by atoms with Crippen LogP contribution in [0.4, 0.5) is 5.82 Å². The first kappa shape index (κ1) is 23.7. The SMILES string of the molecule is Cc1ccc(C2CC3(CCC3)C2)c(OC2(C(=O)NS(=O)(=O)c3cccc(N4CC[C@H](O)C4)n3)CC2)c1. The summed E-state index contributed by atoms with van der Waals surface area (Å²) in [7, 11) is -4.18. The van der Waals surface area contributed by atoms with Crippen molar-refractivity contribution >= 4 is 21.7 Å². The van der Waals surface area contributed by atoms with Gasteiger partial charge in [-0.25, -0.2) is 9.71 Å². The molecule has 3 aliphatic carbocycles. The van der Waals surface area contributed by atoms with Crippen molar-refractivity contribution in [1.29, 1.82) is 0 Å². The van der Waals surface area contributed by atoms with E-state index in [9.17, 15) is 18.3 Å². The number of anilines is 1. The summed E-state index contributed by atoms with van der Waals surface area (Å²) in [5.41, 5.74) is 1.51. The Kier molecular flexibility index (Phi) is 5.57. The lowest BCUT2D eigenvalue weighted by Gasteiger charge is -2.54. The summed E-state index contributed by atoms with van der Waals surface area (Å²) in [6.45, 7) is 3.00. The average Bonchev–Trinajstić information content (AvgIpc) is 3.44. The number of benzene rings is 1. The molecule has 8 nitrogen and oxygen atoms in total. The summed E-state index contributed by atoms with van der Waals surface area (Å²) in [4.78, 5) is 19.3. The van der Waals surface area contributed by atoms with Gasteiger partial charge in [-0.2, -0.15) is 8.42 Å². The van der Waals surface area contributed by atoms with Crippen LogP contribution in [0.1, 0.15) is 68.4 Å². The highest BCUT2D eigenvalue weighted by Gasteiger charge is 2.55. The number of hydrogen-bond donors (Lipinski definition) is 2. The molecule has 1 aliphatic heterocycles. The number of hydrogen-bond acceptors (Lipinski definition) is 7. The molecule has 0 unspecified atom stereocenters. The van der Waals surface area contributed by atoms with E-state index < -0.39 is 27.6 Å². The van der Waals surface area contributed by atoms with E-state index in [0.29, 0.717) is 55.3 Å². The lowest BCUT2D eigenvalue weighted by atomic mass is 9.50. The maximum Gasteiger partial charge on any atom is 0.281 e. The molecule has 1 atom stereocenters. The maximum absolute atomic E-state index is 13.2. The van der Waals surface area contributed by atoms with E-state index in [1.54, 1.807) is 12.1 Å². The number of sulfonamides is 1. The minimum Gasteiger partial charge on any atom is -0.477 e. The summed E-state index contributed by atoms with van der Waals surface area (Å²) in [5, 5.41) is 9.58. The molecule has 2 heterocycles. The molecule has 0 radical (unpaired) electrons. The molecule has 6 rings (SSSR count). The number of β-amino-alcohol motifs (C(OH)–C–C–N with tert-alkyl or cyclic N) is 1. The zero-order valence-electron chi connectivity index (χ0n) is 20.6. The largest absolute Gasteiger partial charge is 0.477 e. The molecule has 2 aromatic rings. The zero-order chi connectivity index (χ0) is 25.1. The molecule has 36 heavy (non-hydrogen) atoms. The molecule has 1 aromatic heterocycles. The minimum absolute atomic E-state index is 0.220.